The number of thioether (sulfide) groups is 1. The molecule has 1 aliphatic heterocycles. The molecule has 4 rings (SSSR count). The molecule has 0 aliphatic carbocycles. The van der Waals surface area contributed by atoms with Crippen LogP contribution in [0.1, 0.15) is 43.4 Å². The van der Waals surface area contributed by atoms with Crippen LogP contribution in [0.3, 0.4) is 0 Å². The number of allylic oxidation sites excluding steroid dienone is 2. The van der Waals surface area contributed by atoms with Gasteiger partial charge in [-0.3, -0.25) is 9.59 Å². The Hall–Kier alpha value is -5.18. The van der Waals surface area contributed by atoms with Crippen LogP contribution in [0, 0.1) is 28.8 Å². The molecule has 0 spiro atoms. The summed E-state index contributed by atoms with van der Waals surface area (Å²) in [5.74, 6) is -4.61. The average molecular weight is 731 g/mol. The molecule has 1 aromatic heterocycles. The monoisotopic (exact) mass is 730 g/mol. The number of benzene rings is 2. The number of hydrogen-bond donors (Lipinski definition) is 1. The minimum Gasteiger partial charge on any atom is -0.481 e. The van der Waals surface area contributed by atoms with Crippen molar-refractivity contribution in [2.24, 2.45) is 0 Å². The number of rotatable bonds is 15. The third-order valence-electron chi connectivity index (χ3n) is 7.35. The van der Waals surface area contributed by atoms with E-state index in [0.29, 0.717) is 11.6 Å². The average Bonchev–Trinajstić information content (AvgIpc) is 3.59. The Labute approximate surface area is 294 Å². The van der Waals surface area contributed by atoms with Crippen molar-refractivity contribution < 1.29 is 56.3 Å². The first-order chi connectivity index (χ1) is 24.4. The zero-order valence-corrected chi connectivity index (χ0v) is 28.1. The van der Waals surface area contributed by atoms with Gasteiger partial charge < -0.3 is 28.8 Å². The summed E-state index contributed by atoms with van der Waals surface area (Å²) in [7, 11) is 0. The summed E-state index contributed by atoms with van der Waals surface area (Å²) in [6.07, 6.45) is 4.26. The molecule has 1 fully saturated rings. The topological polar surface area (TPSA) is 172 Å². The van der Waals surface area contributed by atoms with Crippen molar-refractivity contribution in [3.63, 3.8) is 0 Å². The summed E-state index contributed by atoms with van der Waals surface area (Å²) in [6.45, 7) is 2.84. The minimum atomic E-state index is -1.93. The molecule has 3 aromatic rings. The van der Waals surface area contributed by atoms with Crippen molar-refractivity contribution in [1.29, 1.82) is 5.26 Å². The van der Waals surface area contributed by atoms with Crippen LogP contribution in [0.25, 0.3) is 6.08 Å². The second kappa shape index (κ2) is 18.2. The zero-order chi connectivity index (χ0) is 37.0. The molecule has 2 heterocycles. The van der Waals surface area contributed by atoms with Crippen LogP contribution in [0.2, 0.25) is 0 Å². The first kappa shape index (κ1) is 38.6. The van der Waals surface area contributed by atoms with Gasteiger partial charge in [-0.1, -0.05) is 24.3 Å². The highest BCUT2D eigenvalue weighted by Crippen LogP contribution is 2.42. The Morgan fingerprint density at radius 1 is 1.10 bits per heavy atom. The lowest BCUT2D eigenvalue weighted by Crippen LogP contribution is -2.47. The van der Waals surface area contributed by atoms with E-state index in [2.05, 4.69) is 10.1 Å². The molecular formula is C34H33F3N4O9S. The van der Waals surface area contributed by atoms with Crippen molar-refractivity contribution in [2.45, 2.75) is 61.9 Å². The maximum atomic E-state index is 15.6. The van der Waals surface area contributed by atoms with Gasteiger partial charge in [-0.2, -0.15) is 10.4 Å². The molecule has 0 radical (unpaired) electrons. The molecule has 1 saturated heterocycles. The number of carbonyl (C=O) groups excluding carboxylic acids is 2. The van der Waals surface area contributed by atoms with Gasteiger partial charge >= 0.3 is 18.1 Å². The van der Waals surface area contributed by atoms with E-state index in [-0.39, 0.29) is 36.1 Å². The molecule has 3 atom stereocenters. The van der Waals surface area contributed by atoms with Gasteiger partial charge in [-0.05, 0) is 37.3 Å². The van der Waals surface area contributed by atoms with Crippen molar-refractivity contribution in [3.05, 3.63) is 101 Å². The second-order valence-corrected chi connectivity index (χ2v) is 12.7. The van der Waals surface area contributed by atoms with E-state index in [0.717, 1.165) is 18.2 Å². The number of carbonyl (C=O) groups is 3. The van der Waals surface area contributed by atoms with Crippen molar-refractivity contribution in [3.8, 4) is 6.07 Å². The van der Waals surface area contributed by atoms with Crippen LogP contribution >= 0.6 is 11.8 Å². The smallest absolute Gasteiger partial charge is 0.481 e. The summed E-state index contributed by atoms with van der Waals surface area (Å²) in [6, 6.07) is 8.77. The lowest BCUT2D eigenvalue weighted by Gasteiger charge is -2.40. The van der Waals surface area contributed by atoms with Crippen molar-refractivity contribution in [1.82, 2.24) is 14.8 Å². The van der Waals surface area contributed by atoms with E-state index >= 15 is 4.39 Å². The first-order valence-corrected chi connectivity index (χ1v) is 16.3. The summed E-state index contributed by atoms with van der Waals surface area (Å²) < 4.78 is 72.6. The van der Waals surface area contributed by atoms with E-state index in [9.17, 15) is 23.2 Å². The zero-order valence-electron chi connectivity index (χ0n) is 27.3. The fourth-order valence-corrected chi connectivity index (χ4v) is 6.27. The predicted molar refractivity (Wildman–Crippen MR) is 174 cm³/mol. The lowest BCUT2D eigenvalue weighted by molar-refractivity contribution is -0.173. The molecule has 0 bridgehead atoms. The van der Waals surface area contributed by atoms with Crippen molar-refractivity contribution >= 4 is 35.9 Å². The van der Waals surface area contributed by atoms with Crippen LogP contribution < -0.4 is 0 Å². The molecule has 51 heavy (non-hydrogen) atoms. The van der Waals surface area contributed by atoms with Crippen LogP contribution in [-0.4, -0.2) is 74.3 Å². The Balaban J connectivity index is 1.48. The molecule has 1 aliphatic rings. The van der Waals surface area contributed by atoms with Gasteiger partial charge in [0.05, 0.1) is 49.5 Å². The number of aromatic nitrogens is 3. The van der Waals surface area contributed by atoms with Gasteiger partial charge in [0, 0.05) is 29.4 Å². The van der Waals surface area contributed by atoms with Crippen LogP contribution in [0.15, 0.2) is 67.3 Å². The van der Waals surface area contributed by atoms with Gasteiger partial charge in [0.25, 0.3) is 0 Å². The van der Waals surface area contributed by atoms with Crippen molar-refractivity contribution in [2.75, 3.05) is 13.2 Å². The van der Waals surface area contributed by atoms with Gasteiger partial charge in [-0.15, -0.1) is 11.8 Å². The largest absolute Gasteiger partial charge is 0.512 e. The molecule has 270 valence electrons. The third kappa shape index (κ3) is 11.2. The van der Waals surface area contributed by atoms with Crippen LogP contribution in [0.5, 0.6) is 0 Å². The summed E-state index contributed by atoms with van der Waals surface area (Å²) >= 11 is 1.22. The normalized spacial score (nSPS) is 18.4. The predicted octanol–water partition coefficient (Wildman–Crippen LogP) is 5.50. The van der Waals surface area contributed by atoms with E-state index in [1.165, 1.54) is 54.2 Å². The Morgan fingerprint density at radius 2 is 1.86 bits per heavy atom. The number of nitriles is 1. The lowest BCUT2D eigenvalue weighted by atomic mass is 9.89. The number of ether oxygens (including phenoxy) is 5. The van der Waals surface area contributed by atoms with E-state index in [1.54, 1.807) is 25.2 Å². The Kier molecular flexibility index (Phi) is 13.8. The minimum absolute atomic E-state index is 0.150. The highest BCUT2D eigenvalue weighted by Gasteiger charge is 2.47. The van der Waals surface area contributed by atoms with Gasteiger partial charge in [0.15, 0.2) is 11.9 Å². The number of halogens is 3. The second-order valence-electron chi connectivity index (χ2n) is 11.1. The number of nitrogens with zero attached hydrogens (tertiary/aromatic N) is 4. The maximum Gasteiger partial charge on any atom is 0.512 e. The summed E-state index contributed by atoms with van der Waals surface area (Å²) in [5.41, 5.74) is -1.65. The van der Waals surface area contributed by atoms with E-state index in [4.69, 9.17) is 34.1 Å². The third-order valence-corrected chi connectivity index (χ3v) is 8.80. The molecule has 1 N–H and O–H groups in total. The highest BCUT2D eigenvalue weighted by atomic mass is 32.2. The first-order valence-electron chi connectivity index (χ1n) is 15.4. The SMILES string of the molecule is CC(OC(=O)CCC(=O)O)OC(=O)O[C@@](Cn1cncn1)(c1ccc(F)cc1F)[C@@H](C)SC1COC(/C=C/C=C/c2ccc(C#N)cc2F)OC1. The summed E-state index contributed by atoms with van der Waals surface area (Å²) in [5, 5.41) is 20.6. The molecule has 1 unspecified atom stereocenters. The van der Waals surface area contributed by atoms with Crippen LogP contribution in [-0.2, 0) is 45.4 Å². The number of hydrogen-bond acceptors (Lipinski definition) is 12. The molecule has 17 heteroatoms. The van der Waals surface area contributed by atoms with Gasteiger partial charge in [0.2, 0.25) is 6.29 Å². The fraction of sp³-hybridized carbons (Fsp3) is 0.353. The van der Waals surface area contributed by atoms with E-state index < -0.39 is 71.8 Å². The molecule has 0 amide bonds. The maximum absolute atomic E-state index is 15.6. The fourth-order valence-electron chi connectivity index (χ4n) is 4.91. The molecule has 13 nitrogen and oxygen atoms in total. The number of aliphatic carboxylic acids is 1. The van der Waals surface area contributed by atoms with Crippen LogP contribution in [0.4, 0.5) is 18.0 Å². The number of esters is 1. The molecular weight excluding hydrogens is 697 g/mol. The number of carboxylic acids is 1. The standard InChI is InChI=1S/C34H33F3N4O9S/c1-21(51-26-16-46-32(47-17-26)6-4-3-5-24-8-7-23(15-38)13-28(24)36)34(18-41-20-39-19-40-41,27-10-9-25(35)14-29(27)37)50-33(45)49-22(2)48-31(44)12-11-30(42)43/h3-10,13-14,19-22,26,32H,11-12,16-18H2,1-2H3,(H,42,43)/b5-3+,6-4+/t21-,22?,26?,32?,34-/m1/s1. The van der Waals surface area contributed by atoms with Gasteiger partial charge in [0.1, 0.15) is 30.1 Å². The van der Waals surface area contributed by atoms with Gasteiger partial charge in [-0.25, -0.2) is 27.6 Å². The Bertz CT molecular complexity index is 1780. The summed E-state index contributed by atoms with van der Waals surface area (Å²) in [4.78, 5) is 39.9. The number of carboxylic acid groups (broad SMARTS) is 1. The highest BCUT2D eigenvalue weighted by molar-refractivity contribution is 8.00. The van der Waals surface area contributed by atoms with E-state index in [1.807, 2.05) is 6.07 Å². The molecule has 2 aromatic carbocycles. The Morgan fingerprint density at radius 3 is 2.51 bits per heavy atom. The quantitative estimate of drug-likeness (QED) is 0.118. The molecule has 0 saturated carbocycles.